The van der Waals surface area contributed by atoms with E-state index in [1.54, 1.807) is 4.90 Å². The Morgan fingerprint density at radius 3 is 2.88 bits per heavy atom. The van der Waals surface area contributed by atoms with Crippen LogP contribution in [-0.4, -0.2) is 35.5 Å². The van der Waals surface area contributed by atoms with Crippen molar-refractivity contribution in [1.82, 2.24) is 14.8 Å². The zero-order valence-electron chi connectivity index (χ0n) is 10.4. The molecule has 1 aromatic heterocycles. The van der Waals surface area contributed by atoms with Gasteiger partial charge in [-0.15, -0.1) is 0 Å². The molecular weight excluding hydrogens is 202 g/mol. The van der Waals surface area contributed by atoms with Gasteiger partial charge in [0.2, 0.25) is 5.91 Å². The van der Waals surface area contributed by atoms with Gasteiger partial charge in [0.1, 0.15) is 6.54 Å². The molecule has 4 nitrogen and oxygen atoms in total. The lowest BCUT2D eigenvalue weighted by Gasteiger charge is -2.16. The number of nitrogens with zero attached hydrogens (tertiary/aromatic N) is 2. The molecule has 0 aliphatic heterocycles. The molecule has 0 bridgehead atoms. The summed E-state index contributed by atoms with van der Waals surface area (Å²) in [6, 6.07) is 4.02. The average Bonchev–Trinajstić information content (AvgIpc) is 2.72. The Balaban J connectivity index is 2.59. The first-order chi connectivity index (χ1) is 7.69. The Morgan fingerprint density at radius 1 is 1.50 bits per heavy atom. The molecule has 0 saturated carbocycles. The van der Waals surface area contributed by atoms with Crippen LogP contribution in [0.15, 0.2) is 18.3 Å². The molecule has 0 unspecified atom stereocenters. The van der Waals surface area contributed by atoms with Gasteiger partial charge in [0, 0.05) is 32.0 Å². The fourth-order valence-corrected chi connectivity index (χ4v) is 1.46. The maximum atomic E-state index is 11.8. The van der Waals surface area contributed by atoms with Gasteiger partial charge in [0.05, 0.1) is 0 Å². The van der Waals surface area contributed by atoms with Crippen LogP contribution in [0.3, 0.4) is 0 Å². The van der Waals surface area contributed by atoms with E-state index in [1.807, 2.05) is 36.9 Å². The Morgan fingerprint density at radius 2 is 2.25 bits per heavy atom. The molecule has 0 aromatic carbocycles. The normalized spacial score (nSPS) is 10.4. The molecule has 1 rings (SSSR count). The third-order valence-electron chi connectivity index (χ3n) is 2.69. The maximum absolute atomic E-state index is 11.8. The summed E-state index contributed by atoms with van der Waals surface area (Å²) in [6.45, 7) is 6.98. The largest absolute Gasteiger partial charge is 0.344 e. The van der Waals surface area contributed by atoms with E-state index in [1.165, 1.54) is 0 Å². The summed E-state index contributed by atoms with van der Waals surface area (Å²) in [5.74, 6) is 0.149. The highest BCUT2D eigenvalue weighted by atomic mass is 16.2. The average molecular weight is 223 g/mol. The smallest absolute Gasteiger partial charge is 0.242 e. The van der Waals surface area contributed by atoms with E-state index in [0.29, 0.717) is 6.54 Å². The van der Waals surface area contributed by atoms with Gasteiger partial charge in [0.25, 0.3) is 0 Å². The molecule has 0 atom stereocenters. The van der Waals surface area contributed by atoms with Gasteiger partial charge >= 0.3 is 0 Å². The van der Waals surface area contributed by atoms with Crippen LogP contribution in [0, 0.1) is 0 Å². The maximum Gasteiger partial charge on any atom is 0.242 e. The van der Waals surface area contributed by atoms with Crippen molar-refractivity contribution in [2.45, 2.75) is 26.9 Å². The molecule has 0 aliphatic carbocycles. The number of aromatic nitrogens is 1. The van der Waals surface area contributed by atoms with E-state index in [2.05, 4.69) is 12.2 Å². The molecule has 4 heteroatoms. The van der Waals surface area contributed by atoms with Crippen LogP contribution in [0.2, 0.25) is 0 Å². The first-order valence-electron chi connectivity index (χ1n) is 5.77. The predicted molar refractivity (Wildman–Crippen MR) is 65.1 cm³/mol. The molecular formula is C12H21N3O. The van der Waals surface area contributed by atoms with E-state index in [0.717, 1.165) is 25.3 Å². The molecule has 0 spiro atoms. The van der Waals surface area contributed by atoms with Gasteiger partial charge in [0.15, 0.2) is 0 Å². The van der Waals surface area contributed by atoms with Crippen molar-refractivity contribution >= 4 is 5.91 Å². The van der Waals surface area contributed by atoms with Gasteiger partial charge in [-0.3, -0.25) is 4.79 Å². The summed E-state index contributed by atoms with van der Waals surface area (Å²) < 4.78 is 2.00. The molecule has 1 N–H and O–H groups in total. The van der Waals surface area contributed by atoms with E-state index >= 15 is 0 Å². The first-order valence-corrected chi connectivity index (χ1v) is 5.77. The van der Waals surface area contributed by atoms with E-state index in [-0.39, 0.29) is 5.91 Å². The van der Waals surface area contributed by atoms with Crippen LogP contribution in [0.1, 0.15) is 19.5 Å². The van der Waals surface area contributed by atoms with E-state index in [4.69, 9.17) is 0 Å². The van der Waals surface area contributed by atoms with Crippen molar-refractivity contribution < 1.29 is 4.79 Å². The molecule has 1 amide bonds. The Kier molecular flexibility index (Phi) is 5.05. The summed E-state index contributed by atoms with van der Waals surface area (Å²) in [4.78, 5) is 13.5. The molecule has 1 aromatic rings. The highest BCUT2D eigenvalue weighted by Gasteiger charge is 2.09. The molecule has 0 aliphatic rings. The van der Waals surface area contributed by atoms with Crippen LogP contribution in [0.25, 0.3) is 0 Å². The minimum atomic E-state index is 0.149. The zero-order valence-corrected chi connectivity index (χ0v) is 10.4. The second-order valence-corrected chi connectivity index (χ2v) is 3.82. The van der Waals surface area contributed by atoms with Gasteiger partial charge in [-0.05, 0) is 25.6 Å². The molecule has 90 valence electrons. The number of carbonyl (C=O) groups is 1. The number of carbonyl (C=O) groups excluding carboxylic acids is 1. The minimum absolute atomic E-state index is 0.149. The third kappa shape index (κ3) is 3.38. The quantitative estimate of drug-likeness (QED) is 0.783. The summed E-state index contributed by atoms with van der Waals surface area (Å²) >= 11 is 0. The molecule has 16 heavy (non-hydrogen) atoms. The van der Waals surface area contributed by atoms with Crippen LogP contribution in [0.4, 0.5) is 0 Å². The van der Waals surface area contributed by atoms with E-state index in [9.17, 15) is 4.79 Å². The summed E-state index contributed by atoms with van der Waals surface area (Å²) in [6.07, 6.45) is 1.95. The van der Waals surface area contributed by atoms with Crippen LogP contribution < -0.4 is 5.32 Å². The molecule has 0 radical (unpaired) electrons. The van der Waals surface area contributed by atoms with Gasteiger partial charge in [-0.1, -0.05) is 6.92 Å². The Hall–Kier alpha value is -1.29. The van der Waals surface area contributed by atoms with Gasteiger partial charge in [-0.25, -0.2) is 0 Å². The number of rotatable bonds is 6. The van der Waals surface area contributed by atoms with Crippen LogP contribution in [-0.2, 0) is 17.9 Å². The Bertz CT molecular complexity index is 333. The second kappa shape index (κ2) is 6.33. The lowest BCUT2D eigenvalue weighted by atomic mass is 10.4. The first kappa shape index (κ1) is 12.8. The summed E-state index contributed by atoms with van der Waals surface area (Å²) in [5, 5.41) is 3.26. The summed E-state index contributed by atoms with van der Waals surface area (Å²) in [5.41, 5.74) is 1.15. The fourth-order valence-electron chi connectivity index (χ4n) is 1.46. The lowest BCUT2D eigenvalue weighted by Crippen LogP contribution is -2.30. The number of hydrogen-bond acceptors (Lipinski definition) is 2. The van der Waals surface area contributed by atoms with Crippen molar-refractivity contribution in [2.24, 2.45) is 0 Å². The van der Waals surface area contributed by atoms with Crippen molar-refractivity contribution in [3.63, 3.8) is 0 Å². The van der Waals surface area contributed by atoms with Crippen molar-refractivity contribution in [1.29, 1.82) is 0 Å². The number of amides is 1. The SMILES string of the molecule is CCNCc1cccn1CC(=O)N(C)CC. The highest BCUT2D eigenvalue weighted by molar-refractivity contribution is 5.75. The fraction of sp³-hybridized carbons (Fsp3) is 0.583. The third-order valence-corrected chi connectivity index (χ3v) is 2.69. The number of nitrogens with one attached hydrogen (secondary N) is 1. The second-order valence-electron chi connectivity index (χ2n) is 3.82. The monoisotopic (exact) mass is 223 g/mol. The van der Waals surface area contributed by atoms with Crippen molar-refractivity contribution in [2.75, 3.05) is 20.1 Å². The molecule has 0 fully saturated rings. The number of likely N-dealkylation sites (N-methyl/N-ethyl adjacent to an activating group) is 1. The minimum Gasteiger partial charge on any atom is -0.344 e. The standard InChI is InChI=1S/C12H21N3O/c1-4-13-9-11-7-6-8-15(11)10-12(16)14(3)5-2/h6-8,13H,4-5,9-10H2,1-3H3. The van der Waals surface area contributed by atoms with Crippen molar-refractivity contribution in [3.05, 3.63) is 24.0 Å². The van der Waals surface area contributed by atoms with Crippen LogP contribution >= 0.6 is 0 Å². The lowest BCUT2D eigenvalue weighted by molar-refractivity contribution is -0.130. The van der Waals surface area contributed by atoms with Crippen molar-refractivity contribution in [3.8, 4) is 0 Å². The topological polar surface area (TPSA) is 37.3 Å². The van der Waals surface area contributed by atoms with Gasteiger partial charge < -0.3 is 14.8 Å². The Labute approximate surface area is 97.2 Å². The highest BCUT2D eigenvalue weighted by Crippen LogP contribution is 2.03. The number of hydrogen-bond donors (Lipinski definition) is 1. The van der Waals surface area contributed by atoms with Crippen LogP contribution in [0.5, 0.6) is 0 Å². The molecule has 1 heterocycles. The zero-order chi connectivity index (χ0) is 12.0. The van der Waals surface area contributed by atoms with E-state index < -0.39 is 0 Å². The molecule has 0 saturated heterocycles. The summed E-state index contributed by atoms with van der Waals surface area (Å²) in [7, 11) is 1.83. The van der Waals surface area contributed by atoms with Gasteiger partial charge in [-0.2, -0.15) is 0 Å². The predicted octanol–water partition coefficient (Wildman–Crippen LogP) is 1.08.